The summed E-state index contributed by atoms with van der Waals surface area (Å²) in [4.78, 5) is 11.7. The summed E-state index contributed by atoms with van der Waals surface area (Å²) < 4.78 is 38.4. The van der Waals surface area contributed by atoms with E-state index in [2.05, 4.69) is 9.46 Å². The molecule has 0 saturated carbocycles. The van der Waals surface area contributed by atoms with Gasteiger partial charge in [-0.25, -0.2) is 13.2 Å². The van der Waals surface area contributed by atoms with Gasteiger partial charge in [0, 0.05) is 6.07 Å². The van der Waals surface area contributed by atoms with E-state index in [0.717, 1.165) is 5.56 Å². The molecule has 28 heavy (non-hydrogen) atoms. The molecule has 3 aromatic carbocycles. The molecule has 3 rings (SSSR count). The molecule has 0 aliphatic heterocycles. The van der Waals surface area contributed by atoms with E-state index in [4.69, 9.17) is 4.74 Å². The lowest BCUT2D eigenvalue weighted by Gasteiger charge is -2.12. The maximum absolute atomic E-state index is 12.8. The normalized spacial score (nSPS) is 10.9. The molecule has 0 fully saturated rings. The zero-order chi connectivity index (χ0) is 20.0. The van der Waals surface area contributed by atoms with Crippen LogP contribution in [-0.4, -0.2) is 21.5 Å². The number of nitrogens with one attached hydrogen (secondary N) is 1. The molecule has 0 spiro atoms. The predicted molar refractivity (Wildman–Crippen MR) is 106 cm³/mol. The van der Waals surface area contributed by atoms with E-state index in [-0.39, 0.29) is 10.5 Å². The van der Waals surface area contributed by atoms with Crippen LogP contribution in [0.4, 0.5) is 5.69 Å². The average molecular weight is 397 g/mol. The summed E-state index contributed by atoms with van der Waals surface area (Å²) in [5, 5.41) is 0. The highest BCUT2D eigenvalue weighted by molar-refractivity contribution is 7.92. The number of rotatable bonds is 7. The Hall–Kier alpha value is -3.32. The minimum absolute atomic E-state index is 0.0333. The second-order valence-electron chi connectivity index (χ2n) is 5.90. The molecule has 1 N–H and O–H groups in total. The first kappa shape index (κ1) is 19.4. The van der Waals surface area contributed by atoms with Crippen LogP contribution in [0.25, 0.3) is 0 Å². The molecular formula is C21H19NO5S. The number of esters is 1. The maximum atomic E-state index is 12.8. The molecule has 144 valence electrons. The van der Waals surface area contributed by atoms with E-state index in [1.54, 1.807) is 36.4 Å². The summed E-state index contributed by atoms with van der Waals surface area (Å²) in [6.07, 6.45) is 0. The molecule has 0 aliphatic carbocycles. The third-order valence-electron chi connectivity index (χ3n) is 3.92. The average Bonchev–Trinajstić information content (AvgIpc) is 2.72. The van der Waals surface area contributed by atoms with Gasteiger partial charge in [-0.1, -0.05) is 48.5 Å². The lowest BCUT2D eigenvalue weighted by Crippen LogP contribution is -2.17. The first-order valence-electron chi connectivity index (χ1n) is 8.46. The van der Waals surface area contributed by atoms with Gasteiger partial charge < -0.3 is 9.47 Å². The van der Waals surface area contributed by atoms with Gasteiger partial charge >= 0.3 is 5.97 Å². The van der Waals surface area contributed by atoms with E-state index < -0.39 is 16.0 Å². The van der Waals surface area contributed by atoms with Crippen LogP contribution < -0.4 is 9.46 Å². The van der Waals surface area contributed by atoms with Crippen LogP contribution in [-0.2, 0) is 21.4 Å². The summed E-state index contributed by atoms with van der Waals surface area (Å²) in [5.74, 6) is -0.203. The van der Waals surface area contributed by atoms with E-state index in [1.807, 2.05) is 30.3 Å². The van der Waals surface area contributed by atoms with Gasteiger partial charge in [0.25, 0.3) is 10.0 Å². The number of hydrogen-bond donors (Lipinski definition) is 1. The molecule has 0 radical (unpaired) electrons. The highest BCUT2D eigenvalue weighted by atomic mass is 32.2. The molecule has 0 atom stereocenters. The summed E-state index contributed by atoms with van der Waals surface area (Å²) in [5.41, 5.74) is 1.29. The van der Waals surface area contributed by atoms with Gasteiger partial charge in [0.05, 0.1) is 18.4 Å². The molecule has 0 aliphatic rings. The Bertz CT molecular complexity index is 1060. The number of carbonyl (C=O) groups is 1. The van der Waals surface area contributed by atoms with Gasteiger partial charge in [-0.05, 0) is 29.8 Å². The fraction of sp³-hybridized carbons (Fsp3) is 0.0952. The first-order chi connectivity index (χ1) is 13.5. The first-order valence-corrected chi connectivity index (χ1v) is 9.95. The van der Waals surface area contributed by atoms with Crippen molar-refractivity contribution < 1.29 is 22.7 Å². The highest BCUT2D eigenvalue weighted by Crippen LogP contribution is 2.23. The summed E-state index contributed by atoms with van der Waals surface area (Å²) >= 11 is 0. The lowest BCUT2D eigenvalue weighted by atomic mass is 10.2. The van der Waals surface area contributed by atoms with Gasteiger partial charge in [-0.2, -0.15) is 0 Å². The van der Waals surface area contributed by atoms with Crippen LogP contribution in [0, 0.1) is 0 Å². The van der Waals surface area contributed by atoms with E-state index >= 15 is 0 Å². The Morgan fingerprint density at radius 2 is 1.64 bits per heavy atom. The van der Waals surface area contributed by atoms with Gasteiger partial charge in [0.1, 0.15) is 17.3 Å². The molecule has 0 unspecified atom stereocenters. The predicted octanol–water partition coefficient (Wildman–Crippen LogP) is 3.85. The van der Waals surface area contributed by atoms with Crippen LogP contribution in [0.1, 0.15) is 15.9 Å². The van der Waals surface area contributed by atoms with Crippen LogP contribution in [0.2, 0.25) is 0 Å². The number of methoxy groups -OCH3 is 1. The number of benzene rings is 3. The summed E-state index contributed by atoms with van der Waals surface area (Å²) in [7, 11) is -2.79. The van der Waals surface area contributed by atoms with Crippen molar-refractivity contribution in [3.63, 3.8) is 0 Å². The number of anilines is 1. The largest absolute Gasteiger partial charge is 0.489 e. The standard InChI is InChI=1S/C21H19NO5S/c1-26-21(23)19-12-5-6-13-20(19)28(24,25)22-17-10-7-11-18(14-17)27-15-16-8-3-2-4-9-16/h2-14,22H,15H2,1H3. The van der Waals surface area contributed by atoms with Crippen molar-refractivity contribution in [2.24, 2.45) is 0 Å². The molecule has 3 aromatic rings. The van der Waals surface area contributed by atoms with E-state index in [9.17, 15) is 13.2 Å². The minimum Gasteiger partial charge on any atom is -0.489 e. The van der Waals surface area contributed by atoms with Crippen LogP contribution in [0.5, 0.6) is 5.75 Å². The van der Waals surface area contributed by atoms with Crippen LogP contribution in [0.3, 0.4) is 0 Å². The number of carbonyl (C=O) groups excluding carboxylic acids is 1. The molecule has 0 bridgehead atoms. The fourth-order valence-corrected chi connectivity index (χ4v) is 3.83. The Morgan fingerprint density at radius 1 is 0.929 bits per heavy atom. The zero-order valence-corrected chi connectivity index (χ0v) is 16.0. The molecule has 0 saturated heterocycles. The Morgan fingerprint density at radius 3 is 2.39 bits per heavy atom. The summed E-state index contributed by atoms with van der Waals surface area (Å²) in [6, 6.07) is 22.1. The topological polar surface area (TPSA) is 81.7 Å². The number of sulfonamides is 1. The molecule has 6 nitrogen and oxygen atoms in total. The minimum atomic E-state index is -3.99. The summed E-state index contributed by atoms with van der Waals surface area (Å²) in [6.45, 7) is 0.363. The number of ether oxygens (including phenoxy) is 2. The van der Waals surface area contributed by atoms with Crippen molar-refractivity contribution in [3.8, 4) is 5.75 Å². The zero-order valence-electron chi connectivity index (χ0n) is 15.2. The Balaban J connectivity index is 1.79. The highest BCUT2D eigenvalue weighted by Gasteiger charge is 2.22. The van der Waals surface area contributed by atoms with E-state index in [1.165, 1.54) is 19.2 Å². The maximum Gasteiger partial charge on any atom is 0.339 e. The smallest absolute Gasteiger partial charge is 0.339 e. The van der Waals surface area contributed by atoms with Gasteiger partial charge in [0.15, 0.2) is 0 Å². The number of hydrogen-bond acceptors (Lipinski definition) is 5. The Kier molecular flexibility index (Phi) is 5.96. The van der Waals surface area contributed by atoms with Crippen LogP contribution in [0.15, 0.2) is 83.8 Å². The molecule has 0 amide bonds. The van der Waals surface area contributed by atoms with Crippen molar-refractivity contribution in [1.29, 1.82) is 0 Å². The quantitative estimate of drug-likeness (QED) is 0.613. The third-order valence-corrected chi connectivity index (χ3v) is 5.36. The van der Waals surface area contributed by atoms with Crippen molar-refractivity contribution in [1.82, 2.24) is 0 Å². The van der Waals surface area contributed by atoms with Crippen molar-refractivity contribution in [2.45, 2.75) is 11.5 Å². The second kappa shape index (κ2) is 8.58. The van der Waals surface area contributed by atoms with Gasteiger partial charge in [-0.15, -0.1) is 0 Å². The van der Waals surface area contributed by atoms with Crippen LogP contribution >= 0.6 is 0 Å². The molecular weight excluding hydrogens is 378 g/mol. The van der Waals surface area contributed by atoms with Crippen molar-refractivity contribution in [3.05, 3.63) is 90.0 Å². The second-order valence-corrected chi connectivity index (χ2v) is 7.55. The van der Waals surface area contributed by atoms with Gasteiger partial charge in [-0.3, -0.25) is 4.72 Å². The van der Waals surface area contributed by atoms with E-state index in [0.29, 0.717) is 18.0 Å². The monoisotopic (exact) mass is 397 g/mol. The molecule has 7 heteroatoms. The van der Waals surface area contributed by atoms with Gasteiger partial charge in [0.2, 0.25) is 0 Å². The molecule has 0 aromatic heterocycles. The molecule has 0 heterocycles. The Labute approximate surface area is 163 Å². The third kappa shape index (κ3) is 4.69. The van der Waals surface area contributed by atoms with Crippen molar-refractivity contribution in [2.75, 3.05) is 11.8 Å². The lowest BCUT2D eigenvalue weighted by molar-refractivity contribution is 0.0596. The van der Waals surface area contributed by atoms with Crippen molar-refractivity contribution >= 4 is 21.7 Å². The fourth-order valence-electron chi connectivity index (χ4n) is 2.58. The SMILES string of the molecule is COC(=O)c1ccccc1S(=O)(=O)Nc1cccc(OCc2ccccc2)c1.